The summed E-state index contributed by atoms with van der Waals surface area (Å²) in [5, 5.41) is 12.5. The summed E-state index contributed by atoms with van der Waals surface area (Å²) in [5.41, 5.74) is 3.46. The number of rotatable bonds is 4. The predicted molar refractivity (Wildman–Crippen MR) is 102 cm³/mol. The van der Waals surface area contributed by atoms with Gasteiger partial charge in [0.1, 0.15) is 16.9 Å². The lowest BCUT2D eigenvalue weighted by molar-refractivity contribution is -0.304. The van der Waals surface area contributed by atoms with Crippen molar-refractivity contribution in [2.75, 3.05) is 7.11 Å². The summed E-state index contributed by atoms with van der Waals surface area (Å²) in [5.74, 6) is -0.601. The number of hydrogen-bond acceptors (Lipinski definition) is 6. The van der Waals surface area contributed by atoms with E-state index in [1.165, 1.54) is 0 Å². The molecule has 6 nitrogen and oxygen atoms in total. The SMILES string of the molecule is COc1cccc(-c2coc3c(C)c4oc(=O)c(CC(=O)[O-])c(C)c4cc23)c1. The highest BCUT2D eigenvalue weighted by Gasteiger charge is 2.19. The van der Waals surface area contributed by atoms with Gasteiger partial charge in [-0.3, -0.25) is 0 Å². The third kappa shape index (κ3) is 2.74. The van der Waals surface area contributed by atoms with E-state index in [0.717, 1.165) is 22.3 Å². The van der Waals surface area contributed by atoms with Crippen LogP contribution in [0.1, 0.15) is 16.7 Å². The van der Waals surface area contributed by atoms with E-state index in [4.69, 9.17) is 13.6 Å². The van der Waals surface area contributed by atoms with Crippen molar-refractivity contribution in [2.24, 2.45) is 0 Å². The molecule has 0 aliphatic carbocycles. The first kappa shape index (κ1) is 17.9. The van der Waals surface area contributed by atoms with E-state index >= 15 is 0 Å². The molecule has 2 heterocycles. The predicted octanol–water partition coefficient (Wildman–Crippen LogP) is 3.12. The molecule has 0 aliphatic heterocycles. The van der Waals surface area contributed by atoms with Crippen LogP contribution < -0.4 is 15.5 Å². The Balaban J connectivity index is 2.04. The van der Waals surface area contributed by atoms with Crippen molar-refractivity contribution in [3.63, 3.8) is 0 Å². The number of carboxylic acid groups (broad SMARTS) is 1. The highest BCUT2D eigenvalue weighted by atomic mass is 16.5. The fourth-order valence-electron chi connectivity index (χ4n) is 3.56. The molecule has 6 heteroatoms. The quantitative estimate of drug-likeness (QED) is 0.507. The molecule has 0 fully saturated rings. The van der Waals surface area contributed by atoms with Gasteiger partial charge in [0.25, 0.3) is 0 Å². The number of aryl methyl sites for hydroxylation is 2. The van der Waals surface area contributed by atoms with Gasteiger partial charge >= 0.3 is 5.63 Å². The maximum Gasteiger partial charge on any atom is 0.340 e. The lowest BCUT2D eigenvalue weighted by Gasteiger charge is -2.10. The fourth-order valence-corrected chi connectivity index (χ4v) is 3.56. The number of furan rings is 1. The summed E-state index contributed by atoms with van der Waals surface area (Å²) >= 11 is 0. The molecule has 4 rings (SSSR count). The Morgan fingerprint density at radius 2 is 1.89 bits per heavy atom. The van der Waals surface area contributed by atoms with Crippen LogP contribution in [0, 0.1) is 13.8 Å². The van der Waals surface area contributed by atoms with Gasteiger partial charge in [0.15, 0.2) is 0 Å². The smallest absolute Gasteiger partial charge is 0.340 e. The number of carbonyl (C=O) groups excluding carboxylic acids is 1. The van der Waals surface area contributed by atoms with Crippen molar-refractivity contribution in [1.29, 1.82) is 0 Å². The van der Waals surface area contributed by atoms with Crippen molar-refractivity contribution in [1.82, 2.24) is 0 Å². The van der Waals surface area contributed by atoms with E-state index < -0.39 is 18.0 Å². The molecular formula is C22H17O6-. The average molecular weight is 377 g/mol. The topological polar surface area (TPSA) is 92.7 Å². The van der Waals surface area contributed by atoms with Gasteiger partial charge in [0.05, 0.1) is 13.4 Å². The van der Waals surface area contributed by atoms with Crippen LogP contribution in [-0.2, 0) is 11.2 Å². The number of methoxy groups -OCH3 is 1. The van der Waals surface area contributed by atoms with Gasteiger partial charge in [-0.05, 0) is 43.2 Å². The van der Waals surface area contributed by atoms with Crippen LogP contribution in [0.4, 0.5) is 0 Å². The molecule has 2 aromatic carbocycles. The molecular weight excluding hydrogens is 360 g/mol. The largest absolute Gasteiger partial charge is 0.550 e. The number of ether oxygens (including phenoxy) is 1. The Labute approximate surface area is 160 Å². The molecule has 2 aromatic heterocycles. The Morgan fingerprint density at radius 1 is 1.11 bits per heavy atom. The zero-order chi connectivity index (χ0) is 20.0. The minimum atomic E-state index is -1.33. The Bertz CT molecular complexity index is 1290. The van der Waals surface area contributed by atoms with Gasteiger partial charge in [-0.1, -0.05) is 12.1 Å². The number of aliphatic carboxylic acids is 1. The molecule has 0 unspecified atom stereocenters. The molecule has 0 amide bonds. The van der Waals surface area contributed by atoms with E-state index in [9.17, 15) is 14.7 Å². The maximum atomic E-state index is 12.3. The Morgan fingerprint density at radius 3 is 2.61 bits per heavy atom. The highest BCUT2D eigenvalue weighted by molar-refractivity contribution is 6.05. The minimum Gasteiger partial charge on any atom is -0.550 e. The van der Waals surface area contributed by atoms with Gasteiger partial charge in [-0.2, -0.15) is 0 Å². The van der Waals surface area contributed by atoms with Crippen LogP contribution in [0.2, 0.25) is 0 Å². The summed E-state index contributed by atoms with van der Waals surface area (Å²) in [6.07, 6.45) is 1.16. The van der Waals surface area contributed by atoms with E-state index in [-0.39, 0.29) is 5.56 Å². The summed E-state index contributed by atoms with van der Waals surface area (Å²) in [7, 11) is 1.61. The molecule has 0 saturated carbocycles. The van der Waals surface area contributed by atoms with Crippen LogP contribution in [0.5, 0.6) is 5.75 Å². The van der Waals surface area contributed by atoms with Crippen LogP contribution >= 0.6 is 0 Å². The number of fused-ring (bicyclic) bond motifs is 2. The molecule has 0 saturated heterocycles. The van der Waals surface area contributed by atoms with Gasteiger partial charge in [0.2, 0.25) is 0 Å². The number of carbonyl (C=O) groups is 1. The van der Waals surface area contributed by atoms with Crippen LogP contribution in [0.3, 0.4) is 0 Å². The molecule has 4 aromatic rings. The molecule has 28 heavy (non-hydrogen) atoms. The minimum absolute atomic E-state index is 0.0951. The third-order valence-corrected chi connectivity index (χ3v) is 5.04. The first-order chi connectivity index (χ1) is 13.4. The molecule has 0 spiro atoms. The number of hydrogen-bond donors (Lipinski definition) is 0. The van der Waals surface area contributed by atoms with Crippen molar-refractivity contribution in [3.05, 3.63) is 63.7 Å². The highest BCUT2D eigenvalue weighted by Crippen LogP contribution is 2.38. The summed E-state index contributed by atoms with van der Waals surface area (Å²) in [4.78, 5) is 23.3. The van der Waals surface area contributed by atoms with E-state index in [1.807, 2.05) is 37.3 Å². The molecule has 0 radical (unpaired) electrons. The molecule has 0 aliphatic rings. The zero-order valence-electron chi connectivity index (χ0n) is 15.6. The fraction of sp³-hybridized carbons (Fsp3) is 0.182. The maximum absolute atomic E-state index is 12.3. The monoisotopic (exact) mass is 377 g/mol. The Kier molecular flexibility index (Phi) is 4.19. The second-order valence-electron chi connectivity index (χ2n) is 6.68. The average Bonchev–Trinajstić information content (AvgIpc) is 3.10. The van der Waals surface area contributed by atoms with E-state index in [2.05, 4.69) is 0 Å². The van der Waals surface area contributed by atoms with Crippen molar-refractivity contribution < 1.29 is 23.5 Å². The lowest BCUT2D eigenvalue weighted by Crippen LogP contribution is -2.27. The zero-order valence-corrected chi connectivity index (χ0v) is 15.6. The van der Waals surface area contributed by atoms with Gasteiger partial charge in [0, 0.05) is 39.9 Å². The van der Waals surface area contributed by atoms with Crippen molar-refractivity contribution in [3.8, 4) is 16.9 Å². The van der Waals surface area contributed by atoms with Crippen molar-refractivity contribution >= 4 is 27.9 Å². The second kappa shape index (κ2) is 6.56. The van der Waals surface area contributed by atoms with Gasteiger partial charge in [-0.25, -0.2) is 4.79 Å². The first-order valence-electron chi connectivity index (χ1n) is 8.72. The molecule has 142 valence electrons. The van der Waals surface area contributed by atoms with Crippen molar-refractivity contribution in [2.45, 2.75) is 20.3 Å². The van der Waals surface area contributed by atoms with E-state index in [1.54, 1.807) is 20.3 Å². The molecule has 0 atom stereocenters. The lowest BCUT2D eigenvalue weighted by atomic mass is 9.97. The molecule has 0 bridgehead atoms. The standard InChI is InChI=1S/C22H18O6/c1-11-15-8-17-18(13-5-4-6-14(7-13)26-3)10-27-20(17)12(2)21(15)28-22(25)16(11)9-19(23)24/h4-8,10H,9H2,1-3H3,(H,23,24)/p-1. The Hall–Kier alpha value is -3.54. The van der Waals surface area contributed by atoms with Crippen LogP contribution in [-0.4, -0.2) is 13.1 Å². The normalized spacial score (nSPS) is 11.2. The first-order valence-corrected chi connectivity index (χ1v) is 8.72. The van der Waals surface area contributed by atoms with Crippen LogP contribution in [0.15, 0.2) is 50.2 Å². The second-order valence-corrected chi connectivity index (χ2v) is 6.68. The number of benzene rings is 2. The summed E-state index contributed by atoms with van der Waals surface area (Å²) in [6, 6.07) is 9.47. The van der Waals surface area contributed by atoms with E-state index in [0.29, 0.717) is 27.7 Å². The van der Waals surface area contributed by atoms with Gasteiger partial charge < -0.3 is 23.5 Å². The molecule has 0 N–H and O–H groups in total. The number of carboxylic acids is 1. The summed E-state index contributed by atoms with van der Waals surface area (Å²) in [6.45, 7) is 3.53. The third-order valence-electron chi connectivity index (χ3n) is 5.04. The summed E-state index contributed by atoms with van der Waals surface area (Å²) < 4.78 is 16.5. The van der Waals surface area contributed by atoms with Crippen LogP contribution in [0.25, 0.3) is 33.1 Å². The van der Waals surface area contributed by atoms with Gasteiger partial charge in [-0.15, -0.1) is 0 Å².